The summed E-state index contributed by atoms with van der Waals surface area (Å²) in [4.78, 5) is 61.6. The number of amides is 3. The van der Waals surface area contributed by atoms with Crippen LogP contribution in [-0.2, 0) is 16.0 Å². The van der Waals surface area contributed by atoms with E-state index in [9.17, 15) is 19.5 Å². The maximum atomic E-state index is 17.2. The van der Waals surface area contributed by atoms with Gasteiger partial charge in [-0.05, 0) is 116 Å². The van der Waals surface area contributed by atoms with Gasteiger partial charge in [-0.1, -0.05) is 13.0 Å². The standard InChI is InChI=1S/C55H62F4N10O5/c1-3-37-40(56)7-4-31-20-36(70)23-38(45(31)37)48-47(59)49-39(24-60-48)50(69-25-32-5-6-33(26-69)61-32)64-53(63-49)74-30-55(14-15-55)29-66-27-54(28-66)12-10-34(11-13-54)67-16-18-68(19-17-67)35-21-41(57)46(42(58)22-35)52(73)65(2)43-8-9-44(71)62-51(43)72/h4,7,20-24,32-34,43,61,70H,3,5-6,8-19,25-30H2,1-2H3,(H,62,71,72). The number of carbonyl (C=O) groups is 3. The van der Waals surface area contributed by atoms with Crippen LogP contribution < -0.4 is 25.2 Å². The lowest BCUT2D eigenvalue weighted by Crippen LogP contribution is -2.60. The molecule has 5 saturated heterocycles. The number of anilines is 2. The first kappa shape index (κ1) is 48.7. The van der Waals surface area contributed by atoms with Gasteiger partial charge in [0, 0.05) is 113 Å². The number of hydrogen-bond donors (Lipinski definition) is 3. The minimum absolute atomic E-state index is 0.0261. The molecule has 2 aromatic heterocycles. The van der Waals surface area contributed by atoms with Crippen LogP contribution in [0.5, 0.6) is 11.8 Å². The van der Waals surface area contributed by atoms with Crippen LogP contribution in [0.25, 0.3) is 32.9 Å². The number of aromatic hydroxyl groups is 1. The van der Waals surface area contributed by atoms with Crippen molar-refractivity contribution in [3.05, 3.63) is 77.0 Å². The molecule has 3 unspecified atom stereocenters. The Morgan fingerprint density at radius 1 is 0.878 bits per heavy atom. The monoisotopic (exact) mass is 1020 g/mol. The number of aromatic nitrogens is 3. The van der Waals surface area contributed by atoms with Crippen LogP contribution in [0.2, 0.25) is 0 Å². The van der Waals surface area contributed by atoms with Crippen molar-refractivity contribution < 1.29 is 41.8 Å². The normalized spacial score (nSPS) is 23.9. The number of halogens is 4. The van der Waals surface area contributed by atoms with E-state index in [0.29, 0.717) is 96.1 Å². The predicted molar refractivity (Wildman–Crippen MR) is 270 cm³/mol. The van der Waals surface area contributed by atoms with Crippen molar-refractivity contribution in [2.75, 3.05) is 82.4 Å². The molecule has 3 N–H and O–H groups in total. The SMILES string of the molecule is CCc1c(F)ccc2cc(O)cc(-c3ncc4c(N5CC6CCC(C5)N6)nc(OCC5(CN6CC7(CCC(N8CCN(c9cc(F)c(C(=O)N(C)C%10CCC(=O)NC%10=O)c(F)c9)CC8)CC7)C6)CC5)nc4c3F)c12. The first-order valence-electron chi connectivity index (χ1n) is 26.4. The number of hydrogen-bond acceptors (Lipinski definition) is 13. The number of ether oxygens (including phenoxy) is 1. The van der Waals surface area contributed by atoms with Gasteiger partial charge >= 0.3 is 6.01 Å². The zero-order valence-corrected chi connectivity index (χ0v) is 41.9. The van der Waals surface area contributed by atoms with E-state index >= 15 is 17.6 Å². The topological polar surface area (TPSA) is 160 Å². The highest BCUT2D eigenvalue weighted by atomic mass is 19.1. The van der Waals surface area contributed by atoms with Crippen molar-refractivity contribution in [2.24, 2.45) is 10.8 Å². The number of piperidine rings is 1. The van der Waals surface area contributed by atoms with Crippen LogP contribution in [0.15, 0.2) is 42.6 Å². The van der Waals surface area contributed by atoms with Crippen molar-refractivity contribution in [1.29, 1.82) is 0 Å². The van der Waals surface area contributed by atoms with E-state index < -0.39 is 52.6 Å². The third-order valence-electron chi connectivity index (χ3n) is 17.5. The van der Waals surface area contributed by atoms with Gasteiger partial charge in [-0.2, -0.15) is 9.97 Å². The van der Waals surface area contributed by atoms with Gasteiger partial charge in [0.05, 0.1) is 12.0 Å². The quantitative estimate of drug-likeness (QED) is 0.0895. The van der Waals surface area contributed by atoms with Crippen LogP contribution >= 0.6 is 0 Å². The summed E-state index contributed by atoms with van der Waals surface area (Å²) in [6, 6.07) is 8.49. The lowest BCUT2D eigenvalue weighted by Gasteiger charge is -2.55. The molecular formula is C55H62F4N10O5. The molecule has 3 aromatic carbocycles. The molecule has 390 valence electrons. The minimum Gasteiger partial charge on any atom is -0.508 e. The third kappa shape index (κ3) is 8.95. The average molecular weight is 1020 g/mol. The smallest absolute Gasteiger partial charge is 0.319 e. The molecule has 0 radical (unpaired) electrons. The van der Waals surface area contributed by atoms with Gasteiger partial charge in [-0.3, -0.25) is 29.6 Å². The fourth-order valence-electron chi connectivity index (χ4n) is 13.3. The van der Waals surface area contributed by atoms with E-state index in [2.05, 4.69) is 30.3 Å². The molecule has 19 heteroatoms. The lowest BCUT2D eigenvalue weighted by molar-refractivity contribution is -0.136. The van der Waals surface area contributed by atoms with Crippen molar-refractivity contribution in [3.63, 3.8) is 0 Å². The number of likely N-dealkylation sites (tertiary alicyclic amines) is 1. The predicted octanol–water partition coefficient (Wildman–Crippen LogP) is 6.71. The van der Waals surface area contributed by atoms with Crippen LogP contribution in [0.3, 0.4) is 0 Å². The molecule has 7 heterocycles. The number of likely N-dealkylation sites (N-methyl/N-ethyl adjacent to an activating group) is 1. The number of aryl methyl sites for hydroxylation is 1. The summed E-state index contributed by atoms with van der Waals surface area (Å²) < 4.78 is 69.8. The summed E-state index contributed by atoms with van der Waals surface area (Å²) in [5.41, 5.74) is 0.645. The molecule has 5 aromatic rings. The molecule has 5 aliphatic heterocycles. The molecule has 3 atom stereocenters. The van der Waals surface area contributed by atoms with E-state index in [0.717, 1.165) is 89.0 Å². The number of nitrogens with zero attached hydrogens (tertiary/aromatic N) is 8. The summed E-state index contributed by atoms with van der Waals surface area (Å²) >= 11 is 0. The van der Waals surface area contributed by atoms with Crippen molar-refractivity contribution in [3.8, 4) is 23.0 Å². The number of nitrogens with one attached hydrogen (secondary N) is 2. The van der Waals surface area contributed by atoms with Gasteiger partial charge in [-0.25, -0.2) is 17.6 Å². The fraction of sp³-hybridized carbons (Fsp3) is 0.527. The van der Waals surface area contributed by atoms with E-state index in [4.69, 9.17) is 14.7 Å². The summed E-state index contributed by atoms with van der Waals surface area (Å²) in [6.07, 6.45) is 10.7. The molecule has 2 aliphatic carbocycles. The number of pyridine rings is 1. The first-order valence-corrected chi connectivity index (χ1v) is 26.4. The number of rotatable bonds is 12. The second-order valence-electron chi connectivity index (χ2n) is 22.4. The number of benzene rings is 3. The highest BCUT2D eigenvalue weighted by Gasteiger charge is 2.52. The van der Waals surface area contributed by atoms with E-state index in [1.54, 1.807) is 18.3 Å². The van der Waals surface area contributed by atoms with Crippen molar-refractivity contribution >= 4 is 50.9 Å². The molecule has 1 spiro atoms. The Bertz CT molecular complexity index is 3040. The molecule has 2 saturated carbocycles. The Morgan fingerprint density at radius 2 is 1.59 bits per heavy atom. The number of piperazine rings is 2. The Balaban J connectivity index is 0.673. The van der Waals surface area contributed by atoms with Gasteiger partial charge in [0.15, 0.2) is 5.82 Å². The highest BCUT2D eigenvalue weighted by molar-refractivity contribution is 6.04. The number of carbonyl (C=O) groups excluding carboxylic acids is 3. The number of phenols is 1. The van der Waals surface area contributed by atoms with E-state index in [1.165, 1.54) is 31.3 Å². The molecule has 7 fully saturated rings. The Kier molecular flexibility index (Phi) is 12.4. The zero-order valence-electron chi connectivity index (χ0n) is 41.9. The zero-order chi connectivity index (χ0) is 51.2. The van der Waals surface area contributed by atoms with Crippen LogP contribution in [-0.4, -0.2) is 149 Å². The third-order valence-corrected chi connectivity index (χ3v) is 17.5. The molecule has 2 bridgehead atoms. The Morgan fingerprint density at radius 3 is 2.27 bits per heavy atom. The number of fused-ring (bicyclic) bond motifs is 4. The molecule has 3 amide bonds. The second kappa shape index (κ2) is 18.9. The van der Waals surface area contributed by atoms with Gasteiger partial charge in [-0.15, -0.1) is 0 Å². The molecular weight excluding hydrogens is 957 g/mol. The van der Waals surface area contributed by atoms with Gasteiger partial charge < -0.3 is 34.8 Å². The molecule has 12 rings (SSSR count). The summed E-state index contributed by atoms with van der Waals surface area (Å²) in [7, 11) is 1.31. The van der Waals surface area contributed by atoms with E-state index in [1.807, 2.05) is 11.8 Å². The lowest BCUT2D eigenvalue weighted by atomic mass is 9.67. The van der Waals surface area contributed by atoms with Gasteiger partial charge in [0.1, 0.15) is 51.8 Å². The summed E-state index contributed by atoms with van der Waals surface area (Å²) in [5.74, 6) is -4.60. The van der Waals surface area contributed by atoms with Gasteiger partial charge in [0.25, 0.3) is 5.91 Å². The Labute approximate surface area is 426 Å². The maximum absolute atomic E-state index is 17.2. The van der Waals surface area contributed by atoms with Crippen LogP contribution in [0, 0.1) is 34.1 Å². The fourth-order valence-corrected chi connectivity index (χ4v) is 13.3. The Hall–Kier alpha value is -6.18. The molecule has 7 aliphatic rings. The number of phenolic OH excluding ortho intramolecular Hbond substituents is 1. The van der Waals surface area contributed by atoms with Crippen LogP contribution in [0.4, 0.5) is 29.1 Å². The number of imide groups is 1. The highest BCUT2D eigenvalue weighted by Crippen LogP contribution is 2.52. The maximum Gasteiger partial charge on any atom is 0.319 e. The molecule has 15 nitrogen and oxygen atoms in total. The summed E-state index contributed by atoms with van der Waals surface area (Å²) in [5, 5.41) is 18.2. The second-order valence-corrected chi connectivity index (χ2v) is 22.4. The minimum atomic E-state index is -0.992. The summed E-state index contributed by atoms with van der Waals surface area (Å²) in [6.45, 7) is 9.34. The largest absolute Gasteiger partial charge is 0.508 e. The average Bonchev–Trinajstić information content (AvgIpc) is 4.07. The first-order chi connectivity index (χ1) is 35.7. The van der Waals surface area contributed by atoms with E-state index in [-0.39, 0.29) is 46.6 Å². The molecule has 74 heavy (non-hydrogen) atoms. The van der Waals surface area contributed by atoms with Crippen molar-refractivity contribution in [2.45, 2.75) is 102 Å². The van der Waals surface area contributed by atoms with Crippen LogP contribution in [0.1, 0.15) is 87.1 Å². The van der Waals surface area contributed by atoms with Gasteiger partial charge in [0.2, 0.25) is 11.8 Å². The van der Waals surface area contributed by atoms with Crippen molar-refractivity contribution in [1.82, 2.24) is 40.3 Å².